The number of fused-ring (bicyclic) bond motifs is 7. The van der Waals surface area contributed by atoms with E-state index in [2.05, 4.69) is 45.6 Å². The predicted molar refractivity (Wildman–Crippen MR) is 149 cm³/mol. The van der Waals surface area contributed by atoms with Crippen LogP contribution in [0, 0.1) is 17.2 Å². The number of benzene rings is 2. The van der Waals surface area contributed by atoms with Crippen molar-refractivity contribution < 1.29 is 9.59 Å². The molecule has 208 valence electrons. The van der Waals surface area contributed by atoms with Gasteiger partial charge in [-0.1, -0.05) is 24.8 Å². The molecule has 2 aliphatic heterocycles. The first kappa shape index (κ1) is 25.4. The molecule has 11 nitrogen and oxygen atoms in total. The van der Waals surface area contributed by atoms with Gasteiger partial charge in [-0.25, -0.2) is 4.68 Å². The van der Waals surface area contributed by atoms with Crippen molar-refractivity contribution in [2.75, 3.05) is 6.54 Å². The highest BCUT2D eigenvalue weighted by molar-refractivity contribution is 5.93. The molecular formula is C30H31N9O2. The van der Waals surface area contributed by atoms with Crippen LogP contribution >= 0.6 is 0 Å². The van der Waals surface area contributed by atoms with Gasteiger partial charge in [0.1, 0.15) is 6.04 Å². The molecule has 5 atom stereocenters. The number of amides is 2. The predicted octanol–water partition coefficient (Wildman–Crippen LogP) is 1.01. The number of tetrazole rings is 1. The first-order valence-electron chi connectivity index (χ1n) is 14.0. The molecule has 2 fully saturated rings. The fourth-order valence-corrected chi connectivity index (χ4v) is 7.42. The van der Waals surface area contributed by atoms with E-state index in [1.54, 1.807) is 11.0 Å². The SMILES string of the molecule is C=C(N)c1ccc2c(c1)CCc1cc(C(N)=O)ccc1C21C[C@H](NCC(=O)N2C(C#N)CC3CC32)Cn2nnnc21. The summed E-state index contributed by atoms with van der Waals surface area (Å²) in [6.45, 7) is 4.55. The van der Waals surface area contributed by atoms with Crippen molar-refractivity contribution in [3.63, 3.8) is 0 Å². The number of aromatic nitrogens is 4. The number of likely N-dealkylation sites (tertiary alicyclic amines) is 1. The molecule has 2 aromatic carbocycles. The summed E-state index contributed by atoms with van der Waals surface area (Å²) in [4.78, 5) is 27.2. The molecule has 2 amide bonds. The van der Waals surface area contributed by atoms with Gasteiger partial charge in [0.15, 0.2) is 5.82 Å². The maximum absolute atomic E-state index is 13.3. The molecule has 1 saturated heterocycles. The Morgan fingerprint density at radius 1 is 1.10 bits per heavy atom. The van der Waals surface area contributed by atoms with E-state index in [9.17, 15) is 14.9 Å². The molecule has 4 aliphatic rings. The molecule has 0 bridgehead atoms. The van der Waals surface area contributed by atoms with Crippen LogP contribution in [0.1, 0.15) is 63.3 Å². The first-order valence-corrected chi connectivity index (χ1v) is 14.0. The van der Waals surface area contributed by atoms with Crippen molar-refractivity contribution in [3.05, 3.63) is 82.2 Å². The van der Waals surface area contributed by atoms with Crippen LogP contribution in [0.2, 0.25) is 0 Å². The molecule has 41 heavy (non-hydrogen) atoms. The molecule has 4 unspecified atom stereocenters. The molecule has 5 N–H and O–H groups in total. The van der Waals surface area contributed by atoms with Gasteiger partial charge in [0, 0.05) is 23.3 Å². The second-order valence-corrected chi connectivity index (χ2v) is 11.7. The molecule has 2 aliphatic carbocycles. The number of nitriles is 1. The number of carbonyl (C=O) groups is 2. The Kier molecular flexibility index (Phi) is 5.73. The van der Waals surface area contributed by atoms with Gasteiger partial charge in [-0.2, -0.15) is 5.26 Å². The second kappa shape index (κ2) is 9.24. The second-order valence-electron chi connectivity index (χ2n) is 11.7. The molecule has 3 heterocycles. The highest BCUT2D eigenvalue weighted by Gasteiger charge is 2.54. The molecule has 11 heteroatoms. The van der Waals surface area contributed by atoms with E-state index in [-0.39, 0.29) is 30.6 Å². The summed E-state index contributed by atoms with van der Waals surface area (Å²) in [5, 5.41) is 26.0. The zero-order valence-corrected chi connectivity index (χ0v) is 22.6. The lowest BCUT2D eigenvalue weighted by Gasteiger charge is -2.42. The minimum Gasteiger partial charge on any atom is -0.399 e. The van der Waals surface area contributed by atoms with Crippen LogP contribution < -0.4 is 16.8 Å². The summed E-state index contributed by atoms with van der Waals surface area (Å²) in [6, 6.07) is 13.8. The average molecular weight is 550 g/mol. The molecule has 1 spiro atoms. The topological polar surface area (TPSA) is 169 Å². The van der Waals surface area contributed by atoms with Crippen molar-refractivity contribution >= 4 is 17.5 Å². The van der Waals surface area contributed by atoms with Gasteiger partial charge in [-0.15, -0.1) is 5.10 Å². The number of piperidine rings is 1. The largest absolute Gasteiger partial charge is 0.399 e. The van der Waals surface area contributed by atoms with Gasteiger partial charge in [-0.05, 0) is 94.5 Å². The van der Waals surface area contributed by atoms with Crippen molar-refractivity contribution in [2.24, 2.45) is 17.4 Å². The molecule has 1 aromatic heterocycles. The van der Waals surface area contributed by atoms with Crippen LogP contribution in [-0.2, 0) is 29.6 Å². The molecule has 1 saturated carbocycles. The third-order valence-electron chi connectivity index (χ3n) is 9.39. The van der Waals surface area contributed by atoms with Gasteiger partial charge < -0.3 is 21.7 Å². The highest BCUT2D eigenvalue weighted by atomic mass is 16.2. The third kappa shape index (κ3) is 3.93. The van der Waals surface area contributed by atoms with Gasteiger partial charge in [0.2, 0.25) is 11.8 Å². The van der Waals surface area contributed by atoms with E-state index in [0.717, 1.165) is 47.1 Å². The van der Waals surface area contributed by atoms with Gasteiger partial charge in [0.25, 0.3) is 0 Å². The minimum absolute atomic E-state index is 0.0445. The lowest BCUT2D eigenvalue weighted by atomic mass is 9.66. The average Bonchev–Trinajstić information content (AvgIpc) is 3.41. The fraction of sp³-hybridized carbons (Fsp3) is 0.400. The highest BCUT2D eigenvalue weighted by Crippen LogP contribution is 2.50. The lowest BCUT2D eigenvalue weighted by Crippen LogP contribution is -2.51. The summed E-state index contributed by atoms with van der Waals surface area (Å²) >= 11 is 0. The summed E-state index contributed by atoms with van der Waals surface area (Å²) in [5.41, 5.74) is 17.0. The van der Waals surface area contributed by atoms with Gasteiger partial charge in [-0.3, -0.25) is 9.59 Å². The van der Waals surface area contributed by atoms with E-state index in [1.807, 2.05) is 22.9 Å². The van der Waals surface area contributed by atoms with Crippen molar-refractivity contribution in [1.82, 2.24) is 30.4 Å². The number of primary amides is 1. The monoisotopic (exact) mass is 549 g/mol. The Labute approximate surface area is 237 Å². The summed E-state index contributed by atoms with van der Waals surface area (Å²) in [5.74, 6) is 0.649. The number of rotatable bonds is 5. The van der Waals surface area contributed by atoms with E-state index in [0.29, 0.717) is 42.4 Å². The fourth-order valence-electron chi connectivity index (χ4n) is 7.42. The third-order valence-corrected chi connectivity index (χ3v) is 9.39. The number of carbonyl (C=O) groups excluding carboxylic acids is 2. The Morgan fingerprint density at radius 3 is 2.49 bits per heavy atom. The number of nitrogens with one attached hydrogen (secondary N) is 1. The smallest absolute Gasteiger partial charge is 0.248 e. The number of aryl methyl sites for hydroxylation is 2. The van der Waals surface area contributed by atoms with Crippen LogP contribution in [0.15, 0.2) is 43.0 Å². The standard InChI is InChI=1S/C30H31N9O2/c1-16(32)17-4-6-24-18(8-17)2-3-19-9-20(28(33)41)5-7-25(19)30(24)12-22(15-38-29(30)35-36-37-38)34-14-27(40)39-23(13-31)10-21-11-26(21)39/h4-9,21-23,26,34H,1-3,10-12,14-15,32H2,(H2,33,41)/t21?,22-,23?,26?,30?/m0/s1. The zero-order valence-electron chi connectivity index (χ0n) is 22.6. The maximum atomic E-state index is 13.3. The first-order chi connectivity index (χ1) is 19.8. The maximum Gasteiger partial charge on any atom is 0.248 e. The van der Waals surface area contributed by atoms with Crippen molar-refractivity contribution in [1.29, 1.82) is 5.26 Å². The van der Waals surface area contributed by atoms with Crippen LogP contribution in [0.25, 0.3) is 5.70 Å². The van der Waals surface area contributed by atoms with Gasteiger partial charge >= 0.3 is 0 Å². The van der Waals surface area contributed by atoms with E-state index in [4.69, 9.17) is 11.5 Å². The quantitative estimate of drug-likeness (QED) is 0.424. The summed E-state index contributed by atoms with van der Waals surface area (Å²) in [6.07, 6.45) is 3.76. The molecule has 7 rings (SSSR count). The Morgan fingerprint density at radius 2 is 1.80 bits per heavy atom. The van der Waals surface area contributed by atoms with Crippen LogP contribution in [0.4, 0.5) is 0 Å². The minimum atomic E-state index is -0.751. The van der Waals surface area contributed by atoms with Gasteiger partial charge in [0.05, 0.1) is 24.6 Å². The Bertz CT molecular complexity index is 1590. The van der Waals surface area contributed by atoms with E-state index >= 15 is 0 Å². The number of hydrogen-bond acceptors (Lipinski definition) is 8. The Balaban J connectivity index is 1.31. The zero-order chi connectivity index (χ0) is 28.5. The number of nitrogens with two attached hydrogens (primary N) is 2. The molecular weight excluding hydrogens is 518 g/mol. The lowest BCUT2D eigenvalue weighted by molar-refractivity contribution is -0.131. The molecule has 3 aromatic rings. The number of nitrogens with zero attached hydrogens (tertiary/aromatic N) is 6. The number of hydrogen-bond donors (Lipinski definition) is 3. The molecule has 0 radical (unpaired) electrons. The van der Waals surface area contributed by atoms with E-state index < -0.39 is 11.3 Å². The van der Waals surface area contributed by atoms with Crippen LogP contribution in [0.5, 0.6) is 0 Å². The van der Waals surface area contributed by atoms with Crippen LogP contribution in [-0.4, -0.2) is 61.6 Å². The van der Waals surface area contributed by atoms with E-state index in [1.165, 1.54) is 0 Å². The summed E-state index contributed by atoms with van der Waals surface area (Å²) in [7, 11) is 0. The summed E-state index contributed by atoms with van der Waals surface area (Å²) < 4.78 is 1.81. The van der Waals surface area contributed by atoms with Crippen LogP contribution in [0.3, 0.4) is 0 Å². The Hall–Kier alpha value is -4.56. The van der Waals surface area contributed by atoms with Crippen molar-refractivity contribution in [3.8, 4) is 6.07 Å². The normalized spacial score (nSPS) is 27.1. The van der Waals surface area contributed by atoms with Crippen molar-refractivity contribution in [2.45, 2.75) is 62.2 Å².